The summed E-state index contributed by atoms with van der Waals surface area (Å²) in [6.07, 6.45) is 0. The molecule has 0 bridgehead atoms. The van der Waals surface area contributed by atoms with E-state index in [0.717, 1.165) is 11.3 Å². The van der Waals surface area contributed by atoms with Crippen molar-refractivity contribution in [2.24, 2.45) is 0 Å². The third-order valence-electron chi connectivity index (χ3n) is 6.05. The average Bonchev–Trinajstić information content (AvgIpc) is 2.84. The molecular weight excluding hydrogens is 442 g/mol. The van der Waals surface area contributed by atoms with E-state index in [1.165, 1.54) is 0 Å². The van der Waals surface area contributed by atoms with Crippen molar-refractivity contribution >= 4 is 40.3 Å². The molecule has 2 heterocycles. The molecule has 0 radical (unpaired) electrons. The predicted molar refractivity (Wildman–Crippen MR) is 131 cm³/mol. The molecule has 0 atom stereocenters. The summed E-state index contributed by atoms with van der Waals surface area (Å²) in [5, 5.41) is 14.8. The fourth-order valence-corrected chi connectivity index (χ4v) is 4.43. The normalized spacial score (nSPS) is 16.5. The zero-order valence-corrected chi connectivity index (χ0v) is 19.3. The summed E-state index contributed by atoms with van der Waals surface area (Å²) in [7, 11) is 0. The van der Waals surface area contributed by atoms with Crippen molar-refractivity contribution in [2.45, 2.75) is 6.92 Å². The van der Waals surface area contributed by atoms with Crippen LogP contribution in [-0.4, -0.2) is 73.3 Å². The number of hydrogen-bond donors (Lipinski definition) is 1. The molecule has 2 aromatic rings. The summed E-state index contributed by atoms with van der Waals surface area (Å²) < 4.78 is 5.39. The third kappa shape index (κ3) is 5.23. The number of carbonyl (C=O) groups excluding carboxylic acids is 1. The minimum absolute atomic E-state index is 0.111. The van der Waals surface area contributed by atoms with E-state index in [0.29, 0.717) is 68.8 Å². The maximum Gasteiger partial charge on any atom is 0.292 e. The molecule has 0 unspecified atom stereocenters. The topological polar surface area (TPSA) is 91.2 Å². The number of hydrogen-bond acceptors (Lipinski definition) is 7. The first-order valence-corrected chi connectivity index (χ1v) is 11.4. The van der Waals surface area contributed by atoms with Gasteiger partial charge in [-0.1, -0.05) is 18.2 Å². The van der Waals surface area contributed by atoms with E-state index >= 15 is 0 Å². The highest BCUT2D eigenvalue weighted by atomic mass is 32.1. The van der Waals surface area contributed by atoms with Crippen LogP contribution in [-0.2, 0) is 4.74 Å². The number of aryl methyl sites for hydroxylation is 1. The Morgan fingerprint density at radius 2 is 1.73 bits per heavy atom. The number of rotatable bonds is 4. The molecule has 9 nitrogen and oxygen atoms in total. The van der Waals surface area contributed by atoms with Crippen LogP contribution < -0.4 is 15.1 Å². The van der Waals surface area contributed by atoms with Gasteiger partial charge in [0, 0.05) is 56.6 Å². The molecule has 2 fully saturated rings. The predicted octanol–water partition coefficient (Wildman–Crippen LogP) is 2.58. The van der Waals surface area contributed by atoms with Crippen LogP contribution in [0.3, 0.4) is 0 Å². The summed E-state index contributed by atoms with van der Waals surface area (Å²) in [4.78, 5) is 30.0. The number of carbonyl (C=O) groups is 1. The summed E-state index contributed by atoms with van der Waals surface area (Å²) in [6, 6.07) is 12.7. The van der Waals surface area contributed by atoms with Gasteiger partial charge < -0.3 is 19.4 Å². The van der Waals surface area contributed by atoms with Gasteiger partial charge in [0.15, 0.2) is 5.11 Å². The fourth-order valence-electron chi connectivity index (χ4n) is 4.16. The SMILES string of the molecule is Cc1ccccc1C(=O)NC(=S)N1CCN(c2ccc([N+](=O)[O-])c(N3CCOCC3)c2)CC1. The van der Waals surface area contributed by atoms with E-state index in [9.17, 15) is 14.9 Å². The minimum Gasteiger partial charge on any atom is -0.378 e. The van der Waals surface area contributed by atoms with Crippen LogP contribution in [0.25, 0.3) is 0 Å². The smallest absolute Gasteiger partial charge is 0.292 e. The minimum atomic E-state index is -0.331. The number of benzene rings is 2. The molecule has 0 aromatic heterocycles. The Balaban J connectivity index is 1.40. The molecule has 2 aliphatic rings. The molecule has 0 saturated carbocycles. The molecule has 2 saturated heterocycles. The van der Waals surface area contributed by atoms with E-state index in [1.807, 2.05) is 41.0 Å². The molecule has 10 heteroatoms. The number of morpholine rings is 1. The van der Waals surface area contributed by atoms with Crippen molar-refractivity contribution in [3.63, 3.8) is 0 Å². The number of nitro groups is 1. The van der Waals surface area contributed by atoms with Gasteiger partial charge in [0.25, 0.3) is 11.6 Å². The Hall–Kier alpha value is -3.24. The second-order valence-electron chi connectivity index (χ2n) is 8.08. The average molecular weight is 470 g/mol. The lowest BCUT2D eigenvalue weighted by Crippen LogP contribution is -2.52. The highest BCUT2D eigenvalue weighted by molar-refractivity contribution is 7.80. The molecule has 0 spiro atoms. The fraction of sp³-hybridized carbons (Fsp3) is 0.391. The number of piperazine rings is 1. The van der Waals surface area contributed by atoms with Gasteiger partial charge in [-0.2, -0.15) is 0 Å². The summed E-state index contributed by atoms with van der Waals surface area (Å²) in [5.41, 5.74) is 3.19. The molecule has 0 aliphatic carbocycles. The maximum absolute atomic E-state index is 12.6. The monoisotopic (exact) mass is 469 g/mol. The first-order chi connectivity index (χ1) is 15.9. The molecule has 174 valence electrons. The van der Waals surface area contributed by atoms with Crippen molar-refractivity contribution in [3.8, 4) is 0 Å². The summed E-state index contributed by atoms with van der Waals surface area (Å²) in [6.45, 7) is 6.97. The van der Waals surface area contributed by atoms with Crippen molar-refractivity contribution in [1.29, 1.82) is 0 Å². The zero-order chi connectivity index (χ0) is 23.4. The van der Waals surface area contributed by atoms with Crippen molar-refractivity contribution in [2.75, 3.05) is 62.3 Å². The van der Waals surface area contributed by atoms with Crippen LogP contribution in [0.4, 0.5) is 17.1 Å². The van der Waals surface area contributed by atoms with Crippen molar-refractivity contribution in [3.05, 3.63) is 63.7 Å². The van der Waals surface area contributed by atoms with Gasteiger partial charge in [0.2, 0.25) is 0 Å². The van der Waals surface area contributed by atoms with Crippen LogP contribution in [0.1, 0.15) is 15.9 Å². The Bertz CT molecular complexity index is 1050. The third-order valence-corrected chi connectivity index (χ3v) is 6.41. The molecule has 33 heavy (non-hydrogen) atoms. The molecular formula is C23H27N5O4S. The van der Waals surface area contributed by atoms with Gasteiger partial charge in [0.1, 0.15) is 5.69 Å². The summed E-state index contributed by atoms with van der Waals surface area (Å²) in [5.74, 6) is -0.203. The van der Waals surface area contributed by atoms with E-state index in [-0.39, 0.29) is 16.5 Å². The molecule has 2 aromatic carbocycles. The van der Waals surface area contributed by atoms with Crippen molar-refractivity contribution in [1.82, 2.24) is 10.2 Å². The van der Waals surface area contributed by atoms with E-state index in [1.54, 1.807) is 18.2 Å². The standard InChI is InChI=1S/C23H27N5O4S/c1-17-4-2-3-5-19(17)22(29)24-23(33)27-10-8-25(9-11-27)18-6-7-20(28(30)31)21(16-18)26-12-14-32-15-13-26/h2-7,16H,8-15H2,1H3,(H,24,29,33). The number of thiocarbonyl (C=S) groups is 1. The highest BCUT2D eigenvalue weighted by Gasteiger charge is 2.25. The van der Waals surface area contributed by atoms with E-state index in [4.69, 9.17) is 17.0 Å². The molecule has 1 amide bonds. The Morgan fingerprint density at radius 1 is 1.03 bits per heavy atom. The quantitative estimate of drug-likeness (QED) is 0.415. The van der Waals surface area contributed by atoms with E-state index in [2.05, 4.69) is 10.2 Å². The number of anilines is 2. The Labute approximate surface area is 198 Å². The van der Waals surface area contributed by atoms with Crippen LogP contribution in [0.5, 0.6) is 0 Å². The van der Waals surface area contributed by atoms with Gasteiger partial charge in [-0.3, -0.25) is 20.2 Å². The number of nitrogens with zero attached hydrogens (tertiary/aromatic N) is 4. The number of nitro benzene ring substituents is 1. The van der Waals surface area contributed by atoms with Gasteiger partial charge in [-0.15, -0.1) is 0 Å². The second-order valence-corrected chi connectivity index (χ2v) is 8.46. The molecule has 1 N–H and O–H groups in total. The number of nitrogens with one attached hydrogen (secondary N) is 1. The van der Waals surface area contributed by atoms with Crippen LogP contribution in [0.2, 0.25) is 0 Å². The lowest BCUT2D eigenvalue weighted by Gasteiger charge is -2.37. The molecule has 4 rings (SSSR count). The lowest BCUT2D eigenvalue weighted by atomic mass is 10.1. The van der Waals surface area contributed by atoms with Gasteiger partial charge in [-0.25, -0.2) is 0 Å². The second kappa shape index (κ2) is 10.1. The largest absolute Gasteiger partial charge is 0.378 e. The van der Waals surface area contributed by atoms with Crippen LogP contribution in [0, 0.1) is 17.0 Å². The maximum atomic E-state index is 12.6. The zero-order valence-electron chi connectivity index (χ0n) is 18.5. The van der Waals surface area contributed by atoms with Crippen LogP contribution in [0.15, 0.2) is 42.5 Å². The van der Waals surface area contributed by atoms with Crippen LogP contribution >= 0.6 is 12.2 Å². The van der Waals surface area contributed by atoms with Gasteiger partial charge in [-0.05, 0) is 42.9 Å². The Kier molecular flexibility index (Phi) is 7.05. The first kappa shape index (κ1) is 22.9. The van der Waals surface area contributed by atoms with Crippen molar-refractivity contribution < 1.29 is 14.5 Å². The number of ether oxygens (including phenoxy) is 1. The highest BCUT2D eigenvalue weighted by Crippen LogP contribution is 2.33. The lowest BCUT2D eigenvalue weighted by molar-refractivity contribution is -0.384. The first-order valence-electron chi connectivity index (χ1n) is 11.0. The van der Waals surface area contributed by atoms with Gasteiger partial charge in [0.05, 0.1) is 18.1 Å². The summed E-state index contributed by atoms with van der Waals surface area (Å²) >= 11 is 5.48. The van der Waals surface area contributed by atoms with Gasteiger partial charge >= 0.3 is 0 Å². The molecule has 2 aliphatic heterocycles. The Morgan fingerprint density at radius 3 is 2.39 bits per heavy atom. The number of amides is 1. The van der Waals surface area contributed by atoms with E-state index < -0.39 is 0 Å².